The van der Waals surface area contributed by atoms with Gasteiger partial charge in [-0.1, -0.05) is 34.8 Å². The van der Waals surface area contributed by atoms with Crippen LogP contribution in [0.15, 0.2) is 0 Å². The normalized spacial score (nSPS) is 11.0. The molecule has 0 amide bonds. The smallest absolute Gasteiger partial charge is 0.200 e. The first kappa shape index (κ1) is 15.2. The Hall–Kier alpha value is -1.18. The van der Waals surface area contributed by atoms with E-state index in [1.807, 2.05) is 0 Å². The molecule has 0 atom stereocenters. The molecule has 0 aliphatic rings. The molecule has 1 aromatic heterocycles. The highest BCUT2D eigenvalue weighted by Gasteiger charge is 2.28. The summed E-state index contributed by atoms with van der Waals surface area (Å²) in [5.41, 5.74) is -1.35. The summed E-state index contributed by atoms with van der Waals surface area (Å²) in [6.45, 7) is 0. The maximum Gasteiger partial charge on any atom is 0.200 e. The van der Waals surface area contributed by atoms with Crippen molar-refractivity contribution in [2.24, 2.45) is 0 Å². The Morgan fingerprint density at radius 2 is 0.950 bits per heavy atom. The lowest BCUT2D eigenvalue weighted by molar-refractivity contribution is 0.381. The van der Waals surface area contributed by atoms with Crippen LogP contribution in [0.5, 0.6) is 0 Å². The molecule has 0 saturated heterocycles. The van der Waals surface area contributed by atoms with Crippen molar-refractivity contribution in [3.05, 3.63) is 44.4 Å². The molecule has 1 heterocycles. The van der Waals surface area contributed by atoms with Crippen LogP contribution < -0.4 is 0 Å². The summed E-state index contributed by atoms with van der Waals surface area (Å²) < 4.78 is 66.1. The highest BCUT2D eigenvalue weighted by Crippen LogP contribution is 2.33. The predicted molar refractivity (Wildman–Crippen MR) is 62.3 cm³/mol. The first-order valence-electron chi connectivity index (χ1n) is 4.66. The van der Waals surface area contributed by atoms with Gasteiger partial charge in [0.25, 0.3) is 0 Å². The molecule has 0 saturated carbocycles. The van der Waals surface area contributed by atoms with Gasteiger partial charge in [-0.3, -0.25) is 0 Å². The van der Waals surface area contributed by atoms with Crippen molar-refractivity contribution in [3.63, 3.8) is 0 Å². The lowest BCUT2D eigenvalue weighted by atomic mass is 10.1. The van der Waals surface area contributed by atoms with Crippen molar-refractivity contribution in [2.75, 3.05) is 0 Å². The van der Waals surface area contributed by atoms with E-state index < -0.39 is 50.8 Å². The number of benzene rings is 1. The van der Waals surface area contributed by atoms with Crippen LogP contribution in [-0.2, 0) is 0 Å². The molecule has 0 radical (unpaired) electrons. The van der Waals surface area contributed by atoms with E-state index in [9.17, 15) is 22.0 Å². The lowest BCUT2D eigenvalue weighted by Crippen LogP contribution is -2.06. The van der Waals surface area contributed by atoms with Crippen LogP contribution in [-0.4, -0.2) is 9.97 Å². The Labute approximate surface area is 123 Å². The molecule has 0 fully saturated rings. The Bertz CT molecular complexity index is 671. The zero-order valence-electron chi connectivity index (χ0n) is 8.92. The highest BCUT2D eigenvalue weighted by molar-refractivity contribution is 6.46. The fraction of sp³-hybridized carbons (Fsp3) is 0. The van der Waals surface area contributed by atoms with Crippen molar-refractivity contribution in [1.82, 2.24) is 9.97 Å². The van der Waals surface area contributed by atoms with Gasteiger partial charge in [-0.2, -0.15) is 0 Å². The van der Waals surface area contributed by atoms with Gasteiger partial charge in [-0.25, -0.2) is 31.9 Å². The summed E-state index contributed by atoms with van der Waals surface area (Å²) in [6, 6.07) is 0. The third-order valence-corrected chi connectivity index (χ3v) is 3.30. The maximum absolute atomic E-state index is 13.5. The molecule has 0 N–H and O–H groups in total. The number of rotatable bonds is 1. The van der Waals surface area contributed by atoms with Crippen LogP contribution in [0.1, 0.15) is 0 Å². The molecule has 2 nitrogen and oxygen atoms in total. The zero-order chi connectivity index (χ0) is 15.2. The Kier molecular flexibility index (Phi) is 4.04. The first-order chi connectivity index (χ1) is 9.25. The summed E-state index contributed by atoms with van der Waals surface area (Å²) in [7, 11) is 0. The first-order valence-corrected chi connectivity index (χ1v) is 5.79. The Balaban J connectivity index is 2.83. The molecule has 1 aromatic carbocycles. The van der Waals surface area contributed by atoms with E-state index in [0.29, 0.717) is 0 Å². The SMILES string of the molecule is Fc1c(F)c(F)c(-c2nc(Cl)c(Cl)c(Cl)n2)c(F)c1F. The lowest BCUT2D eigenvalue weighted by Gasteiger charge is -2.08. The fourth-order valence-electron chi connectivity index (χ4n) is 1.31. The van der Waals surface area contributed by atoms with E-state index in [4.69, 9.17) is 34.8 Å². The van der Waals surface area contributed by atoms with Crippen LogP contribution >= 0.6 is 34.8 Å². The molecule has 20 heavy (non-hydrogen) atoms. The van der Waals surface area contributed by atoms with Crippen LogP contribution in [0, 0.1) is 29.1 Å². The summed E-state index contributed by atoms with van der Waals surface area (Å²) in [5, 5.41) is -1.31. The average molecular weight is 349 g/mol. The van der Waals surface area contributed by atoms with Crippen molar-refractivity contribution in [1.29, 1.82) is 0 Å². The van der Waals surface area contributed by atoms with Gasteiger partial charge in [0.15, 0.2) is 39.4 Å². The molecular formula is C10Cl3F5N2. The molecule has 10 heteroatoms. The van der Waals surface area contributed by atoms with Crippen LogP contribution in [0.4, 0.5) is 22.0 Å². The average Bonchev–Trinajstić information content (AvgIpc) is 2.40. The standard InChI is InChI=1S/C10Cl3F5N2/c11-2-8(12)19-10(20-9(2)13)1-3(14)5(16)7(18)6(17)4(1)15. The second kappa shape index (κ2) is 5.31. The largest absolute Gasteiger partial charge is 0.214 e. The van der Waals surface area contributed by atoms with Crippen molar-refractivity contribution in [3.8, 4) is 11.4 Å². The molecule has 2 aromatic rings. The number of hydrogen-bond acceptors (Lipinski definition) is 2. The topological polar surface area (TPSA) is 25.8 Å². The molecule has 0 spiro atoms. The molecule has 0 aliphatic carbocycles. The van der Waals surface area contributed by atoms with Gasteiger partial charge in [-0.05, 0) is 0 Å². The van der Waals surface area contributed by atoms with E-state index in [2.05, 4.69) is 9.97 Å². The molecule has 2 rings (SSSR count). The van der Waals surface area contributed by atoms with E-state index >= 15 is 0 Å². The predicted octanol–water partition coefficient (Wildman–Crippen LogP) is 4.80. The number of hydrogen-bond donors (Lipinski definition) is 0. The minimum absolute atomic E-state index is 0.319. The second-order valence-electron chi connectivity index (χ2n) is 3.39. The molecule has 0 bridgehead atoms. The van der Waals surface area contributed by atoms with Crippen LogP contribution in [0.2, 0.25) is 15.3 Å². The second-order valence-corrected chi connectivity index (χ2v) is 4.48. The Morgan fingerprint density at radius 1 is 0.600 bits per heavy atom. The van der Waals surface area contributed by atoms with Gasteiger partial charge in [0.2, 0.25) is 5.82 Å². The van der Waals surface area contributed by atoms with Gasteiger partial charge in [0, 0.05) is 0 Å². The number of aromatic nitrogens is 2. The maximum atomic E-state index is 13.5. The van der Waals surface area contributed by atoms with Crippen LogP contribution in [0.25, 0.3) is 11.4 Å². The summed E-state index contributed by atoms with van der Waals surface area (Å²) in [6.07, 6.45) is 0. The highest BCUT2D eigenvalue weighted by atomic mass is 35.5. The number of nitrogens with zero attached hydrogens (tertiary/aromatic N) is 2. The van der Waals surface area contributed by atoms with E-state index in [-0.39, 0.29) is 5.02 Å². The minimum atomic E-state index is -2.30. The quantitative estimate of drug-likeness (QED) is 0.320. The van der Waals surface area contributed by atoms with Crippen molar-refractivity contribution in [2.45, 2.75) is 0 Å². The fourth-order valence-corrected chi connectivity index (χ4v) is 1.78. The summed E-state index contributed by atoms with van der Waals surface area (Å²) >= 11 is 16.5. The number of halogens is 8. The monoisotopic (exact) mass is 348 g/mol. The van der Waals surface area contributed by atoms with E-state index in [1.54, 1.807) is 0 Å². The molecular weight excluding hydrogens is 349 g/mol. The summed E-state index contributed by atoms with van der Waals surface area (Å²) in [4.78, 5) is 6.68. The van der Waals surface area contributed by atoms with Crippen molar-refractivity contribution < 1.29 is 22.0 Å². The third kappa shape index (κ3) is 2.30. The van der Waals surface area contributed by atoms with E-state index in [1.165, 1.54) is 0 Å². The summed E-state index contributed by atoms with van der Waals surface area (Å²) in [5.74, 6) is -11.6. The van der Waals surface area contributed by atoms with E-state index in [0.717, 1.165) is 0 Å². The van der Waals surface area contributed by atoms with Gasteiger partial charge in [0.05, 0.1) is 5.56 Å². The van der Waals surface area contributed by atoms with Gasteiger partial charge in [-0.15, -0.1) is 0 Å². The molecule has 0 aliphatic heterocycles. The zero-order valence-corrected chi connectivity index (χ0v) is 11.2. The van der Waals surface area contributed by atoms with Crippen molar-refractivity contribution >= 4 is 34.8 Å². The van der Waals surface area contributed by atoms with Gasteiger partial charge in [0.1, 0.15) is 5.02 Å². The van der Waals surface area contributed by atoms with Gasteiger partial charge >= 0.3 is 0 Å². The van der Waals surface area contributed by atoms with Crippen LogP contribution in [0.3, 0.4) is 0 Å². The Morgan fingerprint density at radius 3 is 1.35 bits per heavy atom. The van der Waals surface area contributed by atoms with Gasteiger partial charge < -0.3 is 0 Å². The molecule has 106 valence electrons. The molecule has 0 unspecified atom stereocenters. The third-order valence-electron chi connectivity index (χ3n) is 2.20. The minimum Gasteiger partial charge on any atom is -0.214 e.